The molecule has 0 bridgehead atoms. The van der Waals surface area contributed by atoms with Crippen molar-refractivity contribution in [1.82, 2.24) is 4.98 Å². The number of hydrogen-bond donors (Lipinski definition) is 0. The molecule has 0 fully saturated rings. The number of amides is 1. The van der Waals surface area contributed by atoms with Crippen LogP contribution in [0.15, 0.2) is 54.7 Å². The molecule has 0 aliphatic carbocycles. The molecule has 6 heteroatoms. The highest BCUT2D eigenvalue weighted by Gasteiger charge is 2.18. The van der Waals surface area contributed by atoms with Gasteiger partial charge in [0.05, 0.1) is 6.07 Å². The monoisotopic (exact) mass is 295 g/mol. The Morgan fingerprint density at radius 2 is 1.86 bits per heavy atom. The largest absolute Gasteiger partial charge is 0.451 e. The van der Waals surface area contributed by atoms with Gasteiger partial charge in [-0.15, -0.1) is 0 Å². The summed E-state index contributed by atoms with van der Waals surface area (Å²) in [5, 5.41) is 8.84. The standard InChI is InChI=1S/C16H13N3O3/c17-9-11-19(13-6-2-1-3-7-13)15(20)12-22-16(21)14-8-4-5-10-18-14/h1-8,10H,11-12H2. The summed E-state index contributed by atoms with van der Waals surface area (Å²) in [6.45, 7) is -0.573. The van der Waals surface area contributed by atoms with Crippen LogP contribution < -0.4 is 4.90 Å². The Hall–Kier alpha value is -3.20. The molecule has 1 amide bonds. The summed E-state index contributed by atoms with van der Waals surface area (Å²) in [6, 6.07) is 15.5. The number of esters is 1. The van der Waals surface area contributed by atoms with Crippen molar-refractivity contribution in [2.75, 3.05) is 18.1 Å². The minimum absolute atomic E-state index is 0.121. The smallest absolute Gasteiger partial charge is 0.357 e. The van der Waals surface area contributed by atoms with E-state index in [-0.39, 0.29) is 12.2 Å². The third-order valence-electron chi connectivity index (χ3n) is 2.80. The maximum absolute atomic E-state index is 12.1. The molecule has 0 spiro atoms. The Labute approximate surface area is 127 Å². The fourth-order valence-corrected chi connectivity index (χ4v) is 1.76. The second-order valence-corrected chi connectivity index (χ2v) is 4.26. The van der Waals surface area contributed by atoms with Crippen molar-refractivity contribution < 1.29 is 14.3 Å². The van der Waals surface area contributed by atoms with E-state index in [1.165, 1.54) is 17.2 Å². The van der Waals surface area contributed by atoms with Gasteiger partial charge in [0.15, 0.2) is 6.61 Å². The van der Waals surface area contributed by atoms with Gasteiger partial charge in [-0.3, -0.25) is 9.69 Å². The maximum atomic E-state index is 12.1. The number of benzene rings is 1. The lowest BCUT2D eigenvalue weighted by atomic mass is 10.3. The number of hydrogen-bond acceptors (Lipinski definition) is 5. The van der Waals surface area contributed by atoms with E-state index >= 15 is 0 Å². The number of ether oxygens (including phenoxy) is 1. The number of anilines is 1. The normalized spacial score (nSPS) is 9.59. The highest BCUT2D eigenvalue weighted by molar-refractivity contribution is 5.96. The molecule has 0 aliphatic heterocycles. The molecule has 22 heavy (non-hydrogen) atoms. The van der Waals surface area contributed by atoms with E-state index in [4.69, 9.17) is 10.00 Å². The fraction of sp³-hybridized carbons (Fsp3) is 0.125. The Balaban J connectivity index is 2.01. The summed E-state index contributed by atoms with van der Waals surface area (Å²) in [7, 11) is 0. The molecule has 0 saturated carbocycles. The number of nitriles is 1. The van der Waals surface area contributed by atoms with Crippen molar-refractivity contribution in [3.63, 3.8) is 0 Å². The maximum Gasteiger partial charge on any atom is 0.357 e. The van der Waals surface area contributed by atoms with Gasteiger partial charge in [-0.1, -0.05) is 24.3 Å². The van der Waals surface area contributed by atoms with Crippen LogP contribution in [0.3, 0.4) is 0 Å². The van der Waals surface area contributed by atoms with Crippen LogP contribution in [0.25, 0.3) is 0 Å². The van der Waals surface area contributed by atoms with Gasteiger partial charge in [-0.25, -0.2) is 9.78 Å². The second-order valence-electron chi connectivity index (χ2n) is 4.26. The van der Waals surface area contributed by atoms with Gasteiger partial charge >= 0.3 is 5.97 Å². The molecule has 0 aliphatic rings. The summed E-state index contributed by atoms with van der Waals surface area (Å²) in [4.78, 5) is 29.0. The molecule has 0 atom stereocenters. The molecule has 1 heterocycles. The fourth-order valence-electron chi connectivity index (χ4n) is 1.76. The molecule has 1 aromatic heterocycles. The molecule has 2 rings (SSSR count). The number of rotatable bonds is 5. The van der Waals surface area contributed by atoms with Gasteiger partial charge in [0.1, 0.15) is 12.2 Å². The van der Waals surface area contributed by atoms with E-state index in [2.05, 4.69) is 4.98 Å². The van der Waals surface area contributed by atoms with E-state index in [0.717, 1.165) is 0 Å². The highest BCUT2D eigenvalue weighted by atomic mass is 16.5. The molecule has 6 nitrogen and oxygen atoms in total. The summed E-state index contributed by atoms with van der Waals surface area (Å²) < 4.78 is 4.94. The third-order valence-corrected chi connectivity index (χ3v) is 2.80. The van der Waals surface area contributed by atoms with E-state index in [1.807, 2.05) is 6.07 Å². The summed E-state index contributed by atoms with van der Waals surface area (Å²) in [5.41, 5.74) is 0.699. The summed E-state index contributed by atoms with van der Waals surface area (Å²) in [6.07, 6.45) is 1.46. The van der Waals surface area contributed by atoms with Crippen LogP contribution in [0.4, 0.5) is 5.69 Å². The number of carbonyl (C=O) groups is 2. The first-order valence-electron chi connectivity index (χ1n) is 6.53. The minimum Gasteiger partial charge on any atom is -0.451 e. The van der Waals surface area contributed by atoms with Gasteiger partial charge in [0, 0.05) is 11.9 Å². The molecule has 110 valence electrons. The van der Waals surface area contributed by atoms with Crippen molar-refractivity contribution in [2.45, 2.75) is 0 Å². The molecule has 2 aromatic rings. The van der Waals surface area contributed by atoms with Gasteiger partial charge in [0.25, 0.3) is 5.91 Å². The summed E-state index contributed by atoms with van der Waals surface area (Å²) in [5.74, 6) is -1.16. The molecule has 1 aromatic carbocycles. The van der Waals surface area contributed by atoms with Gasteiger partial charge in [0.2, 0.25) is 0 Å². The van der Waals surface area contributed by atoms with Crippen LogP contribution in [-0.2, 0) is 9.53 Å². The quantitative estimate of drug-likeness (QED) is 0.620. The van der Waals surface area contributed by atoms with Crippen LogP contribution >= 0.6 is 0 Å². The van der Waals surface area contributed by atoms with E-state index < -0.39 is 18.5 Å². The second kappa shape index (κ2) is 7.55. The predicted molar refractivity (Wildman–Crippen MR) is 78.9 cm³/mol. The number of para-hydroxylation sites is 1. The van der Waals surface area contributed by atoms with E-state index in [1.54, 1.807) is 42.5 Å². The first-order chi connectivity index (χ1) is 10.7. The van der Waals surface area contributed by atoms with Crippen molar-refractivity contribution in [3.8, 4) is 6.07 Å². The van der Waals surface area contributed by atoms with Crippen LogP contribution in [0, 0.1) is 11.3 Å². The lowest BCUT2D eigenvalue weighted by Gasteiger charge is -2.19. The zero-order valence-electron chi connectivity index (χ0n) is 11.7. The SMILES string of the molecule is N#CCN(C(=O)COC(=O)c1ccccn1)c1ccccc1. The molecule has 0 saturated heterocycles. The van der Waals surface area contributed by atoms with Crippen molar-refractivity contribution >= 4 is 17.6 Å². The minimum atomic E-state index is -0.682. The lowest BCUT2D eigenvalue weighted by molar-refractivity contribution is -0.121. The zero-order valence-corrected chi connectivity index (χ0v) is 11.7. The van der Waals surface area contributed by atoms with Crippen LogP contribution in [-0.4, -0.2) is 30.0 Å². The molecule has 0 N–H and O–H groups in total. The molecular formula is C16H13N3O3. The predicted octanol–water partition coefficient (Wildman–Crippen LogP) is 1.80. The van der Waals surface area contributed by atoms with E-state index in [9.17, 15) is 9.59 Å². The van der Waals surface area contributed by atoms with Crippen LogP contribution in [0.2, 0.25) is 0 Å². The summed E-state index contributed by atoms with van der Waals surface area (Å²) >= 11 is 0. The van der Waals surface area contributed by atoms with Gasteiger partial charge in [-0.05, 0) is 24.3 Å². The molecule has 0 radical (unpaired) electrons. The first kappa shape index (κ1) is 15.2. The average molecular weight is 295 g/mol. The van der Waals surface area contributed by atoms with Crippen LogP contribution in [0.1, 0.15) is 10.5 Å². The van der Waals surface area contributed by atoms with Gasteiger partial charge in [-0.2, -0.15) is 5.26 Å². The number of aromatic nitrogens is 1. The van der Waals surface area contributed by atoms with Crippen molar-refractivity contribution in [1.29, 1.82) is 5.26 Å². The van der Waals surface area contributed by atoms with Crippen LogP contribution in [0.5, 0.6) is 0 Å². The first-order valence-corrected chi connectivity index (χ1v) is 6.53. The number of nitrogens with zero attached hydrogens (tertiary/aromatic N) is 3. The lowest BCUT2D eigenvalue weighted by Crippen LogP contribution is -2.35. The van der Waals surface area contributed by atoms with E-state index in [0.29, 0.717) is 5.69 Å². The topological polar surface area (TPSA) is 83.3 Å². The number of carbonyl (C=O) groups excluding carboxylic acids is 2. The Morgan fingerprint density at radius 3 is 2.50 bits per heavy atom. The Bertz CT molecular complexity index is 681. The third kappa shape index (κ3) is 3.90. The average Bonchev–Trinajstić information content (AvgIpc) is 2.58. The van der Waals surface area contributed by atoms with Crippen molar-refractivity contribution in [3.05, 3.63) is 60.4 Å². The Kier molecular flexibility index (Phi) is 5.21. The zero-order chi connectivity index (χ0) is 15.8. The molecular weight excluding hydrogens is 282 g/mol. The van der Waals surface area contributed by atoms with Gasteiger partial charge < -0.3 is 4.74 Å². The Morgan fingerprint density at radius 1 is 1.14 bits per heavy atom. The number of pyridine rings is 1. The highest BCUT2D eigenvalue weighted by Crippen LogP contribution is 2.13. The van der Waals surface area contributed by atoms with Crippen molar-refractivity contribution in [2.24, 2.45) is 0 Å². The molecule has 0 unspecified atom stereocenters.